The number of nitrogens with one attached hydrogen (secondary N) is 1. The van der Waals surface area contributed by atoms with E-state index in [-0.39, 0.29) is 0 Å². The Hall–Kier alpha value is -1.83. The highest BCUT2D eigenvalue weighted by Gasteiger charge is 2.08. The Morgan fingerprint density at radius 2 is 1.94 bits per heavy atom. The van der Waals surface area contributed by atoms with Crippen LogP contribution in [0.25, 0.3) is 17.0 Å². The van der Waals surface area contributed by atoms with Crippen molar-refractivity contribution in [1.29, 1.82) is 0 Å². The summed E-state index contributed by atoms with van der Waals surface area (Å²) in [6, 6.07) is 10.2. The highest BCUT2D eigenvalue weighted by Crippen LogP contribution is 2.21. The first-order chi connectivity index (χ1) is 7.72. The van der Waals surface area contributed by atoms with Gasteiger partial charge in [0, 0.05) is 11.3 Å². The zero-order valence-corrected chi connectivity index (χ0v) is 9.91. The lowest BCUT2D eigenvalue weighted by Gasteiger charge is -1.95. The molecule has 0 aliphatic heterocycles. The minimum absolute atomic E-state index is 0.939. The fraction of sp³-hybridized carbons (Fsp3) is 0.214. The third-order valence-corrected chi connectivity index (χ3v) is 2.74. The van der Waals surface area contributed by atoms with Crippen LogP contribution < -0.4 is 0 Å². The molecule has 1 N–H and O–H groups in total. The molecule has 0 spiro atoms. The van der Waals surface area contributed by atoms with Gasteiger partial charge in [-0.2, -0.15) is 0 Å². The van der Waals surface area contributed by atoms with Crippen molar-refractivity contribution in [1.82, 2.24) is 9.97 Å². The maximum atomic E-state index is 4.63. The van der Waals surface area contributed by atoms with Gasteiger partial charge in [0.05, 0.1) is 5.69 Å². The van der Waals surface area contributed by atoms with Crippen molar-refractivity contribution < 1.29 is 0 Å². The molecule has 0 saturated heterocycles. The van der Waals surface area contributed by atoms with Crippen LogP contribution in [0.3, 0.4) is 0 Å². The highest BCUT2D eigenvalue weighted by atomic mass is 14.9. The van der Waals surface area contributed by atoms with Crippen molar-refractivity contribution in [2.75, 3.05) is 0 Å². The van der Waals surface area contributed by atoms with Crippen LogP contribution in [-0.4, -0.2) is 9.97 Å². The van der Waals surface area contributed by atoms with E-state index in [1.165, 1.54) is 5.57 Å². The SMILES string of the molecule is C/C=C(\C)c1nc(-c2ccccc2)[nH]c1C. The largest absolute Gasteiger partial charge is 0.342 e. The number of nitrogens with zero attached hydrogens (tertiary/aromatic N) is 1. The summed E-state index contributed by atoms with van der Waals surface area (Å²) in [7, 11) is 0. The van der Waals surface area contributed by atoms with E-state index in [0.717, 1.165) is 22.8 Å². The van der Waals surface area contributed by atoms with Gasteiger partial charge in [-0.3, -0.25) is 0 Å². The predicted molar refractivity (Wildman–Crippen MR) is 68.1 cm³/mol. The zero-order chi connectivity index (χ0) is 11.5. The molecule has 2 nitrogen and oxygen atoms in total. The number of benzene rings is 1. The molecular weight excluding hydrogens is 196 g/mol. The molecule has 0 aliphatic carbocycles. The molecule has 16 heavy (non-hydrogen) atoms. The molecule has 0 unspecified atom stereocenters. The second-order valence-electron chi connectivity index (χ2n) is 3.90. The molecule has 1 aromatic carbocycles. The summed E-state index contributed by atoms with van der Waals surface area (Å²) >= 11 is 0. The standard InChI is InChI=1S/C14H16N2/c1-4-10(2)13-11(3)15-14(16-13)12-8-6-5-7-9-12/h4-9H,1-3H3,(H,15,16)/b10-4+. The van der Waals surface area contributed by atoms with Crippen LogP contribution >= 0.6 is 0 Å². The molecule has 0 aliphatic rings. The van der Waals surface area contributed by atoms with Gasteiger partial charge in [0.1, 0.15) is 5.82 Å². The topological polar surface area (TPSA) is 28.7 Å². The summed E-state index contributed by atoms with van der Waals surface area (Å²) in [5, 5.41) is 0. The van der Waals surface area contributed by atoms with Gasteiger partial charge in [0.25, 0.3) is 0 Å². The Bertz CT molecular complexity index is 507. The van der Waals surface area contributed by atoms with Crippen LogP contribution in [0, 0.1) is 6.92 Å². The minimum atomic E-state index is 0.939. The molecule has 0 amide bonds. The van der Waals surface area contributed by atoms with Gasteiger partial charge in [-0.1, -0.05) is 36.4 Å². The molecular formula is C14H16N2. The van der Waals surface area contributed by atoms with Crippen molar-refractivity contribution in [3.8, 4) is 11.4 Å². The van der Waals surface area contributed by atoms with Crippen molar-refractivity contribution in [3.05, 3.63) is 47.8 Å². The van der Waals surface area contributed by atoms with Crippen LogP contribution in [0.15, 0.2) is 36.4 Å². The number of aromatic amines is 1. The van der Waals surface area contributed by atoms with Gasteiger partial charge >= 0.3 is 0 Å². The second kappa shape index (κ2) is 4.35. The summed E-state index contributed by atoms with van der Waals surface area (Å²) in [4.78, 5) is 7.95. The van der Waals surface area contributed by atoms with Gasteiger partial charge in [-0.25, -0.2) is 4.98 Å². The number of aryl methyl sites for hydroxylation is 1. The van der Waals surface area contributed by atoms with E-state index in [4.69, 9.17) is 0 Å². The number of H-pyrrole nitrogens is 1. The Labute approximate surface area is 96.1 Å². The molecule has 2 rings (SSSR count). The number of hydrogen-bond donors (Lipinski definition) is 1. The predicted octanol–water partition coefficient (Wildman–Crippen LogP) is 3.81. The Morgan fingerprint density at radius 3 is 2.56 bits per heavy atom. The highest BCUT2D eigenvalue weighted by molar-refractivity contribution is 5.66. The van der Waals surface area contributed by atoms with E-state index >= 15 is 0 Å². The maximum absolute atomic E-state index is 4.63. The van der Waals surface area contributed by atoms with E-state index in [2.05, 4.69) is 42.0 Å². The van der Waals surface area contributed by atoms with Crippen LogP contribution in [0.1, 0.15) is 25.2 Å². The lowest BCUT2D eigenvalue weighted by Crippen LogP contribution is -1.82. The maximum Gasteiger partial charge on any atom is 0.138 e. The molecule has 0 saturated carbocycles. The van der Waals surface area contributed by atoms with Crippen LogP contribution in [0.5, 0.6) is 0 Å². The molecule has 82 valence electrons. The molecule has 2 heteroatoms. The average Bonchev–Trinajstić information content (AvgIpc) is 2.71. The molecule has 0 fully saturated rings. The summed E-state index contributed by atoms with van der Waals surface area (Å²) < 4.78 is 0. The number of imidazole rings is 1. The first-order valence-corrected chi connectivity index (χ1v) is 5.47. The lowest BCUT2D eigenvalue weighted by atomic mass is 10.2. The normalized spacial score (nSPS) is 11.8. The monoisotopic (exact) mass is 212 g/mol. The molecule has 1 aromatic heterocycles. The fourth-order valence-corrected chi connectivity index (χ4v) is 1.71. The summed E-state index contributed by atoms with van der Waals surface area (Å²) in [5.41, 5.74) is 4.51. The number of allylic oxidation sites excluding steroid dienone is 2. The number of aromatic nitrogens is 2. The molecule has 1 heterocycles. The fourth-order valence-electron chi connectivity index (χ4n) is 1.71. The van der Waals surface area contributed by atoms with Crippen LogP contribution in [0.4, 0.5) is 0 Å². The van der Waals surface area contributed by atoms with E-state index in [9.17, 15) is 0 Å². The van der Waals surface area contributed by atoms with E-state index in [1.807, 2.05) is 25.1 Å². The molecule has 2 aromatic rings. The van der Waals surface area contributed by atoms with E-state index in [0.29, 0.717) is 0 Å². The quantitative estimate of drug-likeness (QED) is 0.805. The van der Waals surface area contributed by atoms with Gasteiger partial charge in [0.2, 0.25) is 0 Å². The van der Waals surface area contributed by atoms with Gasteiger partial charge in [0.15, 0.2) is 0 Å². The van der Waals surface area contributed by atoms with Crippen LogP contribution in [0.2, 0.25) is 0 Å². The summed E-state index contributed by atoms with van der Waals surface area (Å²) in [6.07, 6.45) is 2.08. The third-order valence-electron chi connectivity index (χ3n) is 2.74. The Morgan fingerprint density at radius 1 is 1.25 bits per heavy atom. The Balaban J connectivity index is 2.46. The second-order valence-corrected chi connectivity index (χ2v) is 3.90. The average molecular weight is 212 g/mol. The lowest BCUT2D eigenvalue weighted by molar-refractivity contribution is 1.25. The molecule has 0 bridgehead atoms. The number of rotatable bonds is 2. The van der Waals surface area contributed by atoms with Gasteiger partial charge in [-0.15, -0.1) is 0 Å². The van der Waals surface area contributed by atoms with Crippen molar-refractivity contribution in [3.63, 3.8) is 0 Å². The molecule has 0 radical (unpaired) electrons. The minimum Gasteiger partial charge on any atom is -0.342 e. The molecule has 0 atom stereocenters. The van der Waals surface area contributed by atoms with Crippen molar-refractivity contribution in [2.24, 2.45) is 0 Å². The summed E-state index contributed by atoms with van der Waals surface area (Å²) in [6.45, 7) is 6.17. The van der Waals surface area contributed by atoms with Gasteiger partial charge < -0.3 is 4.98 Å². The Kier molecular flexibility index (Phi) is 2.91. The summed E-state index contributed by atoms with van der Waals surface area (Å²) in [5.74, 6) is 0.939. The van der Waals surface area contributed by atoms with Crippen molar-refractivity contribution >= 4 is 5.57 Å². The first-order valence-electron chi connectivity index (χ1n) is 5.47. The van der Waals surface area contributed by atoms with E-state index in [1.54, 1.807) is 0 Å². The van der Waals surface area contributed by atoms with E-state index < -0.39 is 0 Å². The van der Waals surface area contributed by atoms with Gasteiger partial charge in [-0.05, 0) is 26.3 Å². The zero-order valence-electron chi connectivity index (χ0n) is 9.91. The van der Waals surface area contributed by atoms with Crippen molar-refractivity contribution in [2.45, 2.75) is 20.8 Å². The number of hydrogen-bond acceptors (Lipinski definition) is 1. The third kappa shape index (κ3) is 1.91. The smallest absolute Gasteiger partial charge is 0.138 e. The first kappa shape index (κ1) is 10.7. The van der Waals surface area contributed by atoms with Crippen LogP contribution in [-0.2, 0) is 0 Å².